The first-order chi connectivity index (χ1) is 9.74. The number of anilines is 1. The second-order valence-electron chi connectivity index (χ2n) is 4.76. The molecule has 8 heteroatoms. The molecule has 0 aliphatic carbocycles. The smallest absolute Gasteiger partial charge is 0.354 e. The first-order valence-corrected chi connectivity index (χ1v) is 6.41. The summed E-state index contributed by atoms with van der Waals surface area (Å²) in [4.78, 5) is 16.9. The zero-order valence-electron chi connectivity index (χ0n) is 10.7. The van der Waals surface area contributed by atoms with Gasteiger partial charge in [0.2, 0.25) is 0 Å². The number of hydrogen-bond acceptors (Lipinski definition) is 6. The molecule has 3 heterocycles. The Morgan fingerprint density at radius 2 is 2.40 bits per heavy atom. The summed E-state index contributed by atoms with van der Waals surface area (Å²) in [5.74, 6) is -0.0928. The fourth-order valence-electron chi connectivity index (χ4n) is 2.50. The number of H-pyrrole nitrogens is 1. The predicted molar refractivity (Wildman–Crippen MR) is 69.6 cm³/mol. The number of aromatic nitrogens is 5. The molecule has 1 atom stereocenters. The molecule has 0 amide bonds. The van der Waals surface area contributed by atoms with Crippen molar-refractivity contribution in [3.8, 4) is 0 Å². The summed E-state index contributed by atoms with van der Waals surface area (Å²) in [5.41, 5.74) is 0.926. The molecule has 0 spiro atoms. The van der Waals surface area contributed by atoms with Crippen molar-refractivity contribution in [2.75, 3.05) is 18.0 Å². The van der Waals surface area contributed by atoms with Crippen LogP contribution in [0.2, 0.25) is 0 Å². The molecule has 2 aromatic heterocycles. The molecule has 2 aromatic rings. The molecule has 0 unspecified atom stereocenters. The van der Waals surface area contributed by atoms with Gasteiger partial charge >= 0.3 is 5.97 Å². The van der Waals surface area contributed by atoms with Crippen LogP contribution < -0.4 is 4.90 Å². The summed E-state index contributed by atoms with van der Waals surface area (Å²) in [6, 6.07) is 3.42. The number of carboxylic acids is 1. The number of aromatic amines is 1. The van der Waals surface area contributed by atoms with Crippen molar-refractivity contribution >= 4 is 11.7 Å². The molecule has 8 nitrogen and oxygen atoms in total. The van der Waals surface area contributed by atoms with Gasteiger partial charge in [0.05, 0.1) is 0 Å². The third-order valence-electron chi connectivity index (χ3n) is 3.48. The Labute approximate surface area is 114 Å². The standard InChI is InChI=1S/C12H14N6O2/c19-12(20)10-6-9(3-4-13-10)18-5-1-2-8(7-18)11-14-16-17-15-11/h3-4,6,8H,1-2,5,7H2,(H,19,20)(H,14,15,16,17)/t8-/m0/s1. The summed E-state index contributed by atoms with van der Waals surface area (Å²) in [5, 5.41) is 23.1. The van der Waals surface area contributed by atoms with Crippen molar-refractivity contribution in [1.82, 2.24) is 25.6 Å². The number of rotatable bonds is 3. The van der Waals surface area contributed by atoms with Crippen molar-refractivity contribution in [2.45, 2.75) is 18.8 Å². The summed E-state index contributed by atoms with van der Waals surface area (Å²) >= 11 is 0. The van der Waals surface area contributed by atoms with E-state index in [0.717, 1.165) is 31.6 Å². The van der Waals surface area contributed by atoms with Gasteiger partial charge in [0, 0.05) is 30.9 Å². The SMILES string of the molecule is O=C(O)c1cc(N2CCC[C@H](c3nn[nH]n3)C2)ccn1. The third kappa shape index (κ3) is 2.44. The highest BCUT2D eigenvalue weighted by molar-refractivity contribution is 5.86. The molecule has 0 aromatic carbocycles. The molecular weight excluding hydrogens is 260 g/mol. The summed E-state index contributed by atoms with van der Waals surface area (Å²) in [7, 11) is 0. The van der Waals surface area contributed by atoms with E-state index in [1.165, 1.54) is 6.20 Å². The number of piperidine rings is 1. The van der Waals surface area contributed by atoms with E-state index in [2.05, 4.69) is 30.5 Å². The van der Waals surface area contributed by atoms with Gasteiger partial charge in [0.25, 0.3) is 0 Å². The molecule has 0 radical (unpaired) electrons. The molecule has 3 rings (SSSR count). The number of carbonyl (C=O) groups is 1. The first-order valence-electron chi connectivity index (χ1n) is 6.41. The van der Waals surface area contributed by atoms with E-state index in [4.69, 9.17) is 5.11 Å². The molecule has 0 bridgehead atoms. The lowest BCUT2D eigenvalue weighted by Crippen LogP contribution is -2.34. The lowest BCUT2D eigenvalue weighted by atomic mass is 9.97. The van der Waals surface area contributed by atoms with E-state index in [1.807, 2.05) is 6.07 Å². The maximum atomic E-state index is 11.0. The van der Waals surface area contributed by atoms with Crippen LogP contribution >= 0.6 is 0 Å². The highest BCUT2D eigenvalue weighted by Gasteiger charge is 2.25. The minimum atomic E-state index is -1.02. The largest absolute Gasteiger partial charge is 0.477 e. The normalized spacial score (nSPS) is 19.0. The number of hydrogen-bond donors (Lipinski definition) is 2. The Balaban J connectivity index is 1.80. The Hall–Kier alpha value is -2.51. The first kappa shape index (κ1) is 12.5. The van der Waals surface area contributed by atoms with Gasteiger partial charge in [0.1, 0.15) is 5.69 Å². The molecule has 20 heavy (non-hydrogen) atoms. The monoisotopic (exact) mass is 274 g/mol. The molecule has 1 aliphatic heterocycles. The average molecular weight is 274 g/mol. The van der Waals surface area contributed by atoms with Crippen LogP contribution in [0.4, 0.5) is 5.69 Å². The van der Waals surface area contributed by atoms with E-state index in [0.29, 0.717) is 5.82 Å². The minimum absolute atomic E-state index is 0.0594. The summed E-state index contributed by atoms with van der Waals surface area (Å²) in [6.45, 7) is 1.64. The van der Waals surface area contributed by atoms with Crippen molar-refractivity contribution in [3.05, 3.63) is 29.8 Å². The van der Waals surface area contributed by atoms with Gasteiger partial charge in [-0.3, -0.25) is 0 Å². The maximum absolute atomic E-state index is 11.0. The molecule has 1 aliphatic rings. The maximum Gasteiger partial charge on any atom is 0.354 e. The Bertz CT molecular complexity index is 600. The zero-order valence-corrected chi connectivity index (χ0v) is 10.7. The highest BCUT2D eigenvalue weighted by atomic mass is 16.4. The summed E-state index contributed by atoms with van der Waals surface area (Å²) in [6.07, 6.45) is 3.54. The van der Waals surface area contributed by atoms with Gasteiger partial charge in [-0.05, 0) is 25.0 Å². The molecule has 0 saturated carbocycles. The zero-order chi connectivity index (χ0) is 13.9. The van der Waals surface area contributed by atoms with Crippen molar-refractivity contribution in [1.29, 1.82) is 0 Å². The average Bonchev–Trinajstić information content (AvgIpc) is 3.02. The van der Waals surface area contributed by atoms with E-state index < -0.39 is 5.97 Å². The van der Waals surface area contributed by atoms with Crippen molar-refractivity contribution in [2.24, 2.45) is 0 Å². The van der Waals surface area contributed by atoms with Gasteiger partial charge in [-0.15, -0.1) is 10.2 Å². The fourth-order valence-corrected chi connectivity index (χ4v) is 2.50. The number of carboxylic acid groups (broad SMARTS) is 1. The van der Waals surface area contributed by atoms with E-state index in [9.17, 15) is 4.79 Å². The molecule has 1 fully saturated rings. The van der Waals surface area contributed by atoms with Gasteiger partial charge in [-0.2, -0.15) is 5.21 Å². The van der Waals surface area contributed by atoms with E-state index in [1.54, 1.807) is 6.07 Å². The number of pyridine rings is 1. The molecular formula is C12H14N6O2. The van der Waals surface area contributed by atoms with Crippen LogP contribution in [-0.2, 0) is 0 Å². The van der Waals surface area contributed by atoms with Gasteiger partial charge in [0.15, 0.2) is 5.82 Å². The second kappa shape index (κ2) is 5.24. The molecule has 1 saturated heterocycles. The predicted octanol–water partition coefficient (Wildman–Crippen LogP) is 0.677. The van der Waals surface area contributed by atoms with Crippen LogP contribution in [0.15, 0.2) is 18.3 Å². The number of nitrogens with zero attached hydrogens (tertiary/aromatic N) is 5. The van der Waals surface area contributed by atoms with Gasteiger partial charge in [-0.25, -0.2) is 9.78 Å². The van der Waals surface area contributed by atoms with Crippen LogP contribution in [0.25, 0.3) is 0 Å². The van der Waals surface area contributed by atoms with Crippen LogP contribution in [0.1, 0.15) is 35.1 Å². The van der Waals surface area contributed by atoms with Crippen molar-refractivity contribution in [3.63, 3.8) is 0 Å². The third-order valence-corrected chi connectivity index (χ3v) is 3.48. The quantitative estimate of drug-likeness (QED) is 0.847. The van der Waals surface area contributed by atoms with E-state index >= 15 is 0 Å². The lowest BCUT2D eigenvalue weighted by molar-refractivity contribution is 0.0690. The molecule has 2 N–H and O–H groups in total. The van der Waals surface area contributed by atoms with Crippen molar-refractivity contribution < 1.29 is 9.90 Å². The number of nitrogens with one attached hydrogen (secondary N) is 1. The van der Waals surface area contributed by atoms with Crippen LogP contribution in [0.3, 0.4) is 0 Å². The lowest BCUT2D eigenvalue weighted by Gasteiger charge is -2.33. The summed E-state index contributed by atoms with van der Waals surface area (Å²) < 4.78 is 0. The fraction of sp³-hybridized carbons (Fsp3) is 0.417. The Morgan fingerprint density at radius 1 is 1.50 bits per heavy atom. The topological polar surface area (TPSA) is 108 Å². The van der Waals surface area contributed by atoms with Gasteiger partial charge < -0.3 is 10.0 Å². The Morgan fingerprint density at radius 3 is 3.15 bits per heavy atom. The second-order valence-corrected chi connectivity index (χ2v) is 4.76. The van der Waals surface area contributed by atoms with Crippen LogP contribution in [-0.4, -0.2) is 49.8 Å². The van der Waals surface area contributed by atoms with Gasteiger partial charge in [-0.1, -0.05) is 5.21 Å². The number of aromatic carboxylic acids is 1. The Kier molecular flexibility index (Phi) is 3.28. The highest BCUT2D eigenvalue weighted by Crippen LogP contribution is 2.27. The van der Waals surface area contributed by atoms with E-state index in [-0.39, 0.29) is 11.6 Å². The van der Waals surface area contributed by atoms with Crippen LogP contribution in [0.5, 0.6) is 0 Å². The minimum Gasteiger partial charge on any atom is -0.477 e. The molecule has 104 valence electrons. The number of tetrazole rings is 1. The van der Waals surface area contributed by atoms with Crippen LogP contribution in [0, 0.1) is 0 Å².